The number of aromatic nitrogens is 3. The highest BCUT2D eigenvalue weighted by atomic mass is 35.5. The molecule has 1 aliphatic rings. The summed E-state index contributed by atoms with van der Waals surface area (Å²) >= 11 is 5.75. The molecule has 3 rings (SSSR count). The van der Waals surface area contributed by atoms with Crippen LogP contribution in [-0.4, -0.2) is 33.8 Å². The van der Waals surface area contributed by atoms with Gasteiger partial charge in [-0.25, -0.2) is 4.98 Å². The van der Waals surface area contributed by atoms with Crippen molar-refractivity contribution < 1.29 is 4.79 Å². The summed E-state index contributed by atoms with van der Waals surface area (Å²) in [4.78, 5) is 16.0. The predicted octanol–water partition coefficient (Wildman–Crippen LogP) is 2.11. The van der Waals surface area contributed by atoms with Crippen LogP contribution in [-0.2, 0) is 0 Å². The maximum absolute atomic E-state index is 12.0. The van der Waals surface area contributed by atoms with Crippen LogP contribution < -0.4 is 10.6 Å². The third-order valence-electron chi connectivity index (χ3n) is 3.50. The molecule has 1 aliphatic heterocycles. The van der Waals surface area contributed by atoms with Crippen LogP contribution in [0.3, 0.4) is 0 Å². The van der Waals surface area contributed by atoms with Crippen LogP contribution in [0.4, 0.5) is 5.69 Å². The van der Waals surface area contributed by atoms with Crippen molar-refractivity contribution in [3.05, 3.63) is 41.4 Å². The van der Waals surface area contributed by atoms with Gasteiger partial charge < -0.3 is 10.6 Å². The van der Waals surface area contributed by atoms with E-state index in [-0.39, 0.29) is 5.91 Å². The van der Waals surface area contributed by atoms with Gasteiger partial charge in [-0.1, -0.05) is 11.6 Å². The zero-order valence-corrected chi connectivity index (χ0v) is 12.2. The molecular formula is C14H16ClN5O. The molecule has 110 valence electrons. The van der Waals surface area contributed by atoms with E-state index in [4.69, 9.17) is 11.6 Å². The number of anilines is 1. The number of rotatable bonds is 3. The first kappa shape index (κ1) is 14.0. The number of carbonyl (C=O) groups excluding carboxylic acids is 1. The molecule has 6 nitrogen and oxygen atoms in total. The van der Waals surface area contributed by atoms with E-state index in [9.17, 15) is 4.79 Å². The standard InChI is InChI=1S/C14H16ClN5O/c15-10-1-2-13(17-7-10)14(21)19-11-8-18-20(9-11)12-3-5-16-6-4-12/h1-2,7-9,12,16H,3-6H2,(H,19,21). The van der Waals surface area contributed by atoms with Gasteiger partial charge in [0.2, 0.25) is 0 Å². The molecule has 0 unspecified atom stereocenters. The third kappa shape index (κ3) is 3.40. The molecule has 0 atom stereocenters. The summed E-state index contributed by atoms with van der Waals surface area (Å²) in [5.74, 6) is -0.267. The molecule has 2 N–H and O–H groups in total. The summed E-state index contributed by atoms with van der Waals surface area (Å²) in [5.41, 5.74) is 1.00. The number of amides is 1. The fraction of sp³-hybridized carbons (Fsp3) is 0.357. The number of nitrogens with one attached hydrogen (secondary N) is 2. The molecule has 0 aromatic carbocycles. The number of hydrogen-bond acceptors (Lipinski definition) is 4. The highest BCUT2D eigenvalue weighted by molar-refractivity contribution is 6.30. The van der Waals surface area contributed by atoms with Gasteiger partial charge in [0.05, 0.1) is 22.9 Å². The third-order valence-corrected chi connectivity index (χ3v) is 3.73. The fourth-order valence-electron chi connectivity index (χ4n) is 2.38. The Morgan fingerprint density at radius 3 is 2.86 bits per heavy atom. The Balaban J connectivity index is 1.66. The molecule has 0 bridgehead atoms. The van der Waals surface area contributed by atoms with Gasteiger partial charge in [0.15, 0.2) is 0 Å². The Kier molecular flexibility index (Phi) is 4.17. The highest BCUT2D eigenvalue weighted by Crippen LogP contribution is 2.19. The van der Waals surface area contributed by atoms with Crippen LogP contribution in [0.25, 0.3) is 0 Å². The van der Waals surface area contributed by atoms with E-state index in [1.165, 1.54) is 6.20 Å². The van der Waals surface area contributed by atoms with Gasteiger partial charge in [0, 0.05) is 12.4 Å². The Hall–Kier alpha value is -1.92. The number of piperidine rings is 1. The Labute approximate surface area is 127 Å². The van der Waals surface area contributed by atoms with Crippen molar-refractivity contribution in [3.63, 3.8) is 0 Å². The van der Waals surface area contributed by atoms with Crippen molar-refractivity contribution >= 4 is 23.2 Å². The van der Waals surface area contributed by atoms with Gasteiger partial charge in [-0.15, -0.1) is 0 Å². The minimum atomic E-state index is -0.267. The lowest BCUT2D eigenvalue weighted by Crippen LogP contribution is -2.29. The van der Waals surface area contributed by atoms with Gasteiger partial charge in [0.25, 0.3) is 5.91 Å². The number of pyridine rings is 1. The zero-order valence-electron chi connectivity index (χ0n) is 11.4. The second kappa shape index (κ2) is 6.24. The second-order valence-electron chi connectivity index (χ2n) is 5.01. The SMILES string of the molecule is O=C(Nc1cnn(C2CCNCC2)c1)c1ccc(Cl)cn1. The summed E-state index contributed by atoms with van der Waals surface area (Å²) in [7, 11) is 0. The summed E-state index contributed by atoms with van der Waals surface area (Å²) < 4.78 is 1.92. The Morgan fingerprint density at radius 2 is 2.14 bits per heavy atom. The molecule has 1 amide bonds. The maximum Gasteiger partial charge on any atom is 0.274 e. The lowest BCUT2D eigenvalue weighted by molar-refractivity contribution is 0.102. The Bertz CT molecular complexity index is 619. The molecule has 1 saturated heterocycles. The van der Waals surface area contributed by atoms with E-state index in [2.05, 4.69) is 20.7 Å². The smallest absolute Gasteiger partial charge is 0.274 e. The van der Waals surface area contributed by atoms with Crippen molar-refractivity contribution in [2.24, 2.45) is 0 Å². The molecule has 0 spiro atoms. The van der Waals surface area contributed by atoms with Gasteiger partial charge in [-0.2, -0.15) is 5.10 Å². The van der Waals surface area contributed by atoms with Crippen molar-refractivity contribution in [1.29, 1.82) is 0 Å². The molecule has 0 saturated carbocycles. The van der Waals surface area contributed by atoms with Crippen molar-refractivity contribution in [2.45, 2.75) is 18.9 Å². The van der Waals surface area contributed by atoms with Crippen LogP contribution in [0.2, 0.25) is 5.02 Å². The fourth-order valence-corrected chi connectivity index (χ4v) is 2.49. The zero-order chi connectivity index (χ0) is 14.7. The largest absolute Gasteiger partial charge is 0.318 e. The summed E-state index contributed by atoms with van der Waals surface area (Å²) in [5, 5.41) is 11.0. The van der Waals surface area contributed by atoms with Crippen LogP contribution in [0, 0.1) is 0 Å². The van der Waals surface area contributed by atoms with Crippen molar-refractivity contribution in [1.82, 2.24) is 20.1 Å². The molecule has 1 fully saturated rings. The van der Waals surface area contributed by atoms with Gasteiger partial charge in [0.1, 0.15) is 5.69 Å². The van der Waals surface area contributed by atoms with E-state index in [1.54, 1.807) is 18.3 Å². The van der Waals surface area contributed by atoms with E-state index >= 15 is 0 Å². The monoisotopic (exact) mass is 305 g/mol. The van der Waals surface area contributed by atoms with E-state index in [0.29, 0.717) is 22.4 Å². The van der Waals surface area contributed by atoms with Crippen molar-refractivity contribution in [2.75, 3.05) is 18.4 Å². The topological polar surface area (TPSA) is 71.8 Å². The van der Waals surface area contributed by atoms with Crippen LogP contribution in [0.5, 0.6) is 0 Å². The lowest BCUT2D eigenvalue weighted by Gasteiger charge is -2.22. The molecule has 21 heavy (non-hydrogen) atoms. The minimum Gasteiger partial charge on any atom is -0.318 e. The minimum absolute atomic E-state index is 0.267. The van der Waals surface area contributed by atoms with Gasteiger partial charge in [-0.05, 0) is 38.1 Å². The summed E-state index contributed by atoms with van der Waals surface area (Å²) in [6.07, 6.45) is 7.08. The second-order valence-corrected chi connectivity index (χ2v) is 5.44. The molecule has 0 radical (unpaired) electrons. The highest BCUT2D eigenvalue weighted by Gasteiger charge is 2.16. The van der Waals surface area contributed by atoms with E-state index in [0.717, 1.165) is 25.9 Å². The van der Waals surface area contributed by atoms with E-state index < -0.39 is 0 Å². The normalized spacial score (nSPS) is 15.9. The van der Waals surface area contributed by atoms with Crippen molar-refractivity contribution in [3.8, 4) is 0 Å². The summed E-state index contributed by atoms with van der Waals surface area (Å²) in [6, 6.07) is 3.63. The quantitative estimate of drug-likeness (QED) is 0.911. The first-order valence-electron chi connectivity index (χ1n) is 6.90. The molecule has 3 heterocycles. The number of hydrogen-bond donors (Lipinski definition) is 2. The Morgan fingerprint density at radius 1 is 1.33 bits per heavy atom. The predicted molar refractivity (Wildman–Crippen MR) is 80.6 cm³/mol. The van der Waals surface area contributed by atoms with Crippen LogP contribution >= 0.6 is 11.6 Å². The van der Waals surface area contributed by atoms with Crippen LogP contribution in [0.15, 0.2) is 30.7 Å². The molecule has 2 aromatic rings. The average molecular weight is 306 g/mol. The first-order chi connectivity index (χ1) is 10.2. The average Bonchev–Trinajstić information content (AvgIpc) is 2.97. The molecule has 7 heteroatoms. The van der Waals surface area contributed by atoms with Gasteiger partial charge in [-0.3, -0.25) is 9.48 Å². The number of halogens is 1. The molecule has 0 aliphatic carbocycles. The maximum atomic E-state index is 12.0. The summed E-state index contributed by atoms with van der Waals surface area (Å²) in [6.45, 7) is 2.00. The first-order valence-corrected chi connectivity index (χ1v) is 7.28. The molecule has 2 aromatic heterocycles. The lowest BCUT2D eigenvalue weighted by atomic mass is 10.1. The van der Waals surface area contributed by atoms with Crippen LogP contribution in [0.1, 0.15) is 29.4 Å². The van der Waals surface area contributed by atoms with E-state index in [1.807, 2.05) is 10.9 Å². The number of carbonyl (C=O) groups is 1. The van der Waals surface area contributed by atoms with Gasteiger partial charge >= 0.3 is 0 Å². The number of nitrogens with zero attached hydrogens (tertiary/aromatic N) is 3. The molecular weight excluding hydrogens is 290 g/mol.